The first-order valence-corrected chi connectivity index (χ1v) is 15.0. The lowest BCUT2D eigenvalue weighted by molar-refractivity contribution is 0.0242. The molecule has 0 aliphatic heterocycles. The van der Waals surface area contributed by atoms with Crippen LogP contribution in [0.1, 0.15) is 17.0 Å². The van der Waals surface area contributed by atoms with Crippen molar-refractivity contribution in [3.63, 3.8) is 0 Å². The van der Waals surface area contributed by atoms with Crippen molar-refractivity contribution in [1.29, 1.82) is 0 Å². The van der Waals surface area contributed by atoms with Crippen molar-refractivity contribution in [3.05, 3.63) is 53.3 Å². The molecule has 0 aliphatic carbocycles. The maximum Gasteiger partial charge on any atom is 0.295 e. The zero-order valence-corrected chi connectivity index (χ0v) is 24.6. The van der Waals surface area contributed by atoms with Gasteiger partial charge in [0.2, 0.25) is 23.8 Å². The number of anilines is 7. The second-order valence-electron chi connectivity index (χ2n) is 8.64. The van der Waals surface area contributed by atoms with Crippen LogP contribution < -0.4 is 26.5 Å². The van der Waals surface area contributed by atoms with Crippen molar-refractivity contribution >= 4 is 73.5 Å². The molecular weight excluding hydrogens is 622 g/mol. The van der Waals surface area contributed by atoms with Crippen molar-refractivity contribution in [2.75, 3.05) is 40.6 Å². The van der Waals surface area contributed by atoms with E-state index in [0.717, 1.165) is 12.1 Å². The Kier molecular flexibility index (Phi) is 9.17. The number of hydrogen-bond acceptors (Lipinski definition) is 17. The maximum absolute atomic E-state index is 12.2. The molecule has 4 rings (SSSR count). The molecule has 21 heteroatoms. The summed E-state index contributed by atoms with van der Waals surface area (Å²) in [5, 5.41) is 29.0. The molecule has 0 spiro atoms. The molecule has 0 bridgehead atoms. The minimum absolute atomic E-state index is 0.0147. The normalized spacial score (nSPS) is 11.8. The van der Waals surface area contributed by atoms with Crippen molar-refractivity contribution in [2.45, 2.75) is 16.7 Å². The molecule has 2 heterocycles. The highest BCUT2D eigenvalue weighted by molar-refractivity contribution is 7.86. The van der Waals surface area contributed by atoms with E-state index >= 15 is 0 Å². The molecule has 8 N–H and O–H groups in total. The summed E-state index contributed by atoms with van der Waals surface area (Å²) in [6.07, 6.45) is 2.44. The van der Waals surface area contributed by atoms with Crippen molar-refractivity contribution in [2.24, 2.45) is 0 Å². The van der Waals surface area contributed by atoms with Crippen LogP contribution in [-0.2, 0) is 20.2 Å². The van der Waals surface area contributed by atoms with E-state index in [-0.39, 0.29) is 51.5 Å². The first-order valence-electron chi connectivity index (χ1n) is 12.1. The zero-order valence-electron chi connectivity index (χ0n) is 23.0. The summed E-state index contributed by atoms with van der Waals surface area (Å²) < 4.78 is 68.7. The van der Waals surface area contributed by atoms with Gasteiger partial charge in [0.25, 0.3) is 26.2 Å². The number of nitrogens with one attached hydrogen (secondary N) is 4. The van der Waals surface area contributed by atoms with Crippen LogP contribution >= 0.6 is 0 Å². The Hall–Kier alpha value is -5.06. The van der Waals surface area contributed by atoms with Gasteiger partial charge in [-0.15, -0.1) is 0 Å². The summed E-state index contributed by atoms with van der Waals surface area (Å²) in [5.74, 6) is -0.0460. The smallest absolute Gasteiger partial charge is 0.295 e. The molecule has 0 radical (unpaired) electrons. The fourth-order valence-corrected chi connectivity index (χ4v) is 5.08. The topological polar surface area (TPSA) is 278 Å². The first-order chi connectivity index (χ1) is 20.7. The maximum atomic E-state index is 12.2. The van der Waals surface area contributed by atoms with Gasteiger partial charge < -0.3 is 21.3 Å². The molecule has 0 amide bonds. The Labute approximate surface area is 250 Å². The van der Waals surface area contributed by atoms with Gasteiger partial charge in [0.15, 0.2) is 0 Å². The molecule has 0 atom stereocenters. The van der Waals surface area contributed by atoms with Crippen LogP contribution in [0.25, 0.3) is 12.2 Å². The molecule has 2 aromatic carbocycles. The van der Waals surface area contributed by atoms with E-state index in [4.69, 9.17) is 0 Å². The third-order valence-electron chi connectivity index (χ3n) is 5.53. The Balaban J connectivity index is 1.68. The quantitative estimate of drug-likeness (QED) is 0.0657. The Morgan fingerprint density at radius 1 is 0.659 bits per heavy atom. The average molecular weight is 648 g/mol. The first kappa shape index (κ1) is 31.9. The summed E-state index contributed by atoms with van der Waals surface area (Å²) in [6.45, 7) is 1.64. The van der Waals surface area contributed by atoms with E-state index in [1.807, 2.05) is 0 Å². The number of hydrogen-bond donors (Lipinski definition) is 8. The molecule has 19 nitrogen and oxygen atoms in total. The van der Waals surface area contributed by atoms with Crippen LogP contribution in [0.2, 0.25) is 0 Å². The Bertz CT molecular complexity index is 1960. The molecule has 0 fully saturated rings. The van der Waals surface area contributed by atoms with Crippen LogP contribution in [0.4, 0.5) is 41.1 Å². The molecular formula is C23H25N11O8S2. The molecule has 4 aromatic rings. The van der Waals surface area contributed by atoms with E-state index in [2.05, 4.69) is 51.2 Å². The van der Waals surface area contributed by atoms with Gasteiger partial charge in [-0.1, -0.05) is 29.5 Å². The summed E-state index contributed by atoms with van der Waals surface area (Å²) >= 11 is 0. The van der Waals surface area contributed by atoms with Gasteiger partial charge in [-0.25, -0.2) is 0 Å². The standard InChI is InChI=1S/C23H25N11O8S2/c1-12-26-19(24-2)30-21(27-12)28-15-8-6-13(17(10-15)43(37,38)39)4-5-14-7-9-16(11-18(14)44(40,41)42)29-22-31-20(25-3)32-23(33-22)34(35)36/h4-11,35-36H,1-3H3,(H,37,38,39)(H,40,41,42)(H2,24,26,27,28,30)(H2,25,29,31,32,33)/b5-4+. The zero-order chi connectivity index (χ0) is 32.2. The molecule has 44 heavy (non-hydrogen) atoms. The minimum atomic E-state index is -4.82. The summed E-state index contributed by atoms with van der Waals surface area (Å²) in [5.41, 5.74) is 0.218. The fourth-order valence-electron chi connectivity index (χ4n) is 3.66. The molecule has 0 unspecified atom stereocenters. The van der Waals surface area contributed by atoms with Crippen molar-refractivity contribution in [3.8, 4) is 0 Å². The van der Waals surface area contributed by atoms with E-state index in [1.165, 1.54) is 43.5 Å². The van der Waals surface area contributed by atoms with Crippen LogP contribution in [0.15, 0.2) is 46.2 Å². The number of rotatable bonds is 11. The fraction of sp³-hybridized carbons (Fsp3) is 0.130. The predicted molar refractivity (Wildman–Crippen MR) is 158 cm³/mol. The highest BCUT2D eigenvalue weighted by atomic mass is 32.2. The SMILES string of the molecule is CNc1nc(C)nc(Nc2ccc(/C=C/c3ccc(Nc4nc(NC)nc(N(O)O)n4)cc3S(=O)(=O)O)c(S(=O)(=O)O)c2)n1. The van der Waals surface area contributed by atoms with E-state index < -0.39 is 36.0 Å². The highest BCUT2D eigenvalue weighted by Gasteiger charge is 2.19. The number of nitrogens with zero attached hydrogens (tertiary/aromatic N) is 7. The third-order valence-corrected chi connectivity index (χ3v) is 7.35. The highest BCUT2D eigenvalue weighted by Crippen LogP contribution is 2.28. The van der Waals surface area contributed by atoms with Crippen molar-refractivity contribution in [1.82, 2.24) is 29.9 Å². The lowest BCUT2D eigenvalue weighted by atomic mass is 10.1. The molecule has 0 saturated heterocycles. The number of aryl methyl sites for hydroxylation is 1. The van der Waals surface area contributed by atoms with Crippen LogP contribution in [0.3, 0.4) is 0 Å². The van der Waals surface area contributed by atoms with Crippen molar-refractivity contribution < 1.29 is 36.4 Å². The minimum Gasteiger partial charge on any atom is -0.357 e. The molecule has 232 valence electrons. The van der Waals surface area contributed by atoms with Gasteiger partial charge in [-0.2, -0.15) is 46.7 Å². The lowest BCUT2D eigenvalue weighted by Crippen LogP contribution is -2.17. The summed E-state index contributed by atoms with van der Waals surface area (Å²) in [6, 6.07) is 7.68. The largest absolute Gasteiger partial charge is 0.357 e. The third kappa shape index (κ3) is 7.85. The Morgan fingerprint density at radius 2 is 1.07 bits per heavy atom. The predicted octanol–water partition coefficient (Wildman–Crippen LogP) is 2.18. The summed E-state index contributed by atoms with van der Waals surface area (Å²) in [4.78, 5) is 22.7. The van der Waals surface area contributed by atoms with Gasteiger partial charge in [-0.3, -0.25) is 19.5 Å². The Morgan fingerprint density at radius 3 is 1.50 bits per heavy atom. The monoisotopic (exact) mass is 647 g/mol. The van der Waals surface area contributed by atoms with Gasteiger partial charge in [-0.05, 0) is 42.3 Å². The average Bonchev–Trinajstić information content (AvgIpc) is 2.95. The van der Waals surface area contributed by atoms with E-state index in [1.54, 1.807) is 14.0 Å². The molecule has 2 aromatic heterocycles. The van der Waals surface area contributed by atoms with Gasteiger partial charge in [0.05, 0.1) is 0 Å². The lowest BCUT2D eigenvalue weighted by Gasteiger charge is -2.12. The summed E-state index contributed by atoms with van der Waals surface area (Å²) in [7, 11) is -6.51. The van der Waals surface area contributed by atoms with Gasteiger partial charge >= 0.3 is 0 Å². The van der Waals surface area contributed by atoms with Crippen LogP contribution in [0.5, 0.6) is 0 Å². The van der Waals surface area contributed by atoms with E-state index in [9.17, 15) is 36.4 Å². The molecule has 0 saturated carbocycles. The number of benzene rings is 2. The van der Waals surface area contributed by atoms with Gasteiger partial charge in [0.1, 0.15) is 15.6 Å². The van der Waals surface area contributed by atoms with Gasteiger partial charge in [0, 0.05) is 25.5 Å². The van der Waals surface area contributed by atoms with Crippen LogP contribution in [-0.4, -0.2) is 80.4 Å². The van der Waals surface area contributed by atoms with Crippen LogP contribution in [0, 0.1) is 6.92 Å². The second-order valence-corrected chi connectivity index (χ2v) is 11.4. The molecule has 0 aliphatic rings. The van der Waals surface area contributed by atoms with E-state index in [0.29, 0.717) is 5.82 Å². The second kappa shape index (κ2) is 12.7. The number of aromatic nitrogens is 6.